The minimum Gasteiger partial charge on any atom is -0.489 e. The number of hydrogen-bond acceptors (Lipinski definition) is 3. The van der Waals surface area contributed by atoms with E-state index in [0.717, 1.165) is 29.7 Å². The van der Waals surface area contributed by atoms with Crippen LogP contribution >= 0.6 is 0 Å². The van der Waals surface area contributed by atoms with E-state index in [-0.39, 0.29) is 11.9 Å². The molecule has 1 aliphatic rings. The van der Waals surface area contributed by atoms with E-state index in [0.29, 0.717) is 6.42 Å². The minimum atomic E-state index is 0.133. The van der Waals surface area contributed by atoms with E-state index in [1.54, 1.807) is 18.5 Å². The zero-order chi connectivity index (χ0) is 12.3. The van der Waals surface area contributed by atoms with Gasteiger partial charge in [0.25, 0.3) is 0 Å². The summed E-state index contributed by atoms with van der Waals surface area (Å²) in [5, 5.41) is 0. The lowest BCUT2D eigenvalue weighted by Gasteiger charge is -2.14. The van der Waals surface area contributed by atoms with Crippen LogP contribution in [0.2, 0.25) is 0 Å². The molecular weight excluding hydrogens is 214 g/mol. The van der Waals surface area contributed by atoms with Gasteiger partial charge in [-0.3, -0.25) is 9.78 Å². The van der Waals surface area contributed by atoms with Crippen molar-refractivity contribution < 1.29 is 9.53 Å². The molecule has 0 unspecified atom stereocenters. The van der Waals surface area contributed by atoms with E-state index >= 15 is 0 Å². The summed E-state index contributed by atoms with van der Waals surface area (Å²) in [6, 6.07) is 1.96. The molecule has 0 saturated heterocycles. The predicted molar refractivity (Wildman–Crippen MR) is 66.8 cm³/mol. The Kier molecular flexibility index (Phi) is 3.57. The van der Waals surface area contributed by atoms with Crippen molar-refractivity contribution in [2.24, 2.45) is 0 Å². The second kappa shape index (κ2) is 5.13. The van der Waals surface area contributed by atoms with Crippen LogP contribution < -0.4 is 4.74 Å². The highest BCUT2D eigenvalue weighted by Crippen LogP contribution is 2.27. The van der Waals surface area contributed by atoms with Crippen LogP contribution in [0.3, 0.4) is 0 Å². The summed E-state index contributed by atoms with van der Waals surface area (Å²) in [6.45, 7) is 3.96. The smallest absolute Gasteiger partial charge is 0.155 e. The number of carbonyl (C=O) groups is 1. The first-order valence-corrected chi connectivity index (χ1v) is 6.00. The maximum Gasteiger partial charge on any atom is 0.155 e. The van der Waals surface area contributed by atoms with Gasteiger partial charge < -0.3 is 4.74 Å². The van der Waals surface area contributed by atoms with Gasteiger partial charge in [0.15, 0.2) is 5.78 Å². The maximum absolute atomic E-state index is 11.4. The first kappa shape index (κ1) is 11.8. The summed E-state index contributed by atoms with van der Waals surface area (Å²) in [5.41, 5.74) is 2.07. The Morgan fingerprint density at radius 3 is 2.82 bits per heavy atom. The Hall–Kier alpha value is -1.64. The molecule has 1 aromatic rings. The molecule has 0 radical (unpaired) electrons. The van der Waals surface area contributed by atoms with Crippen LogP contribution in [0.4, 0.5) is 0 Å². The van der Waals surface area contributed by atoms with E-state index in [9.17, 15) is 4.79 Å². The Balaban J connectivity index is 2.23. The van der Waals surface area contributed by atoms with Gasteiger partial charge in [-0.25, -0.2) is 0 Å². The summed E-state index contributed by atoms with van der Waals surface area (Å²) in [6.07, 6.45) is 7.90. The molecule has 0 amide bonds. The molecule has 3 heteroatoms. The van der Waals surface area contributed by atoms with E-state index in [4.69, 9.17) is 4.74 Å². The summed E-state index contributed by atoms with van der Waals surface area (Å²) in [7, 11) is 0. The normalized spacial score (nSPS) is 15.9. The monoisotopic (exact) mass is 231 g/mol. The molecule has 3 nitrogen and oxygen atoms in total. The zero-order valence-electron chi connectivity index (χ0n) is 10.3. The number of pyridine rings is 1. The average molecular weight is 231 g/mol. The second-order valence-electron chi connectivity index (χ2n) is 4.57. The lowest BCUT2D eigenvalue weighted by atomic mass is 9.94. The molecule has 0 spiro atoms. The topological polar surface area (TPSA) is 39.2 Å². The van der Waals surface area contributed by atoms with Crippen LogP contribution in [0.5, 0.6) is 5.75 Å². The van der Waals surface area contributed by atoms with Crippen molar-refractivity contribution in [3.8, 4) is 5.75 Å². The van der Waals surface area contributed by atoms with Crippen molar-refractivity contribution in [3.63, 3.8) is 0 Å². The number of ether oxygens (including phenoxy) is 1. The molecule has 0 fully saturated rings. The number of aromatic nitrogens is 1. The SMILES string of the molecule is CC(C)Oc1cncc(C2=CC(=O)CCC2)c1. The van der Waals surface area contributed by atoms with Crippen LogP contribution in [0.1, 0.15) is 38.7 Å². The fraction of sp³-hybridized carbons (Fsp3) is 0.429. The Bertz CT molecular complexity index is 449. The van der Waals surface area contributed by atoms with E-state index in [1.165, 1.54) is 0 Å². The van der Waals surface area contributed by atoms with Crippen molar-refractivity contribution in [3.05, 3.63) is 30.1 Å². The van der Waals surface area contributed by atoms with Gasteiger partial charge in [0.1, 0.15) is 5.75 Å². The third-order valence-electron chi connectivity index (χ3n) is 2.66. The maximum atomic E-state index is 11.4. The van der Waals surface area contributed by atoms with Crippen molar-refractivity contribution >= 4 is 11.4 Å². The summed E-state index contributed by atoms with van der Waals surface area (Å²) >= 11 is 0. The van der Waals surface area contributed by atoms with E-state index < -0.39 is 0 Å². The highest BCUT2D eigenvalue weighted by molar-refractivity contribution is 5.98. The number of nitrogens with zero attached hydrogens (tertiary/aromatic N) is 1. The Morgan fingerprint density at radius 2 is 2.12 bits per heavy atom. The van der Waals surface area contributed by atoms with Crippen LogP contribution in [-0.4, -0.2) is 16.9 Å². The highest BCUT2D eigenvalue weighted by atomic mass is 16.5. The largest absolute Gasteiger partial charge is 0.489 e. The zero-order valence-corrected chi connectivity index (χ0v) is 10.3. The molecule has 0 bridgehead atoms. The molecule has 2 rings (SSSR count). The van der Waals surface area contributed by atoms with Gasteiger partial charge in [-0.2, -0.15) is 0 Å². The second-order valence-corrected chi connectivity index (χ2v) is 4.57. The minimum absolute atomic E-state index is 0.133. The molecule has 90 valence electrons. The molecule has 0 atom stereocenters. The lowest BCUT2D eigenvalue weighted by Crippen LogP contribution is -2.06. The van der Waals surface area contributed by atoms with Crippen LogP contribution in [0, 0.1) is 0 Å². The van der Waals surface area contributed by atoms with Gasteiger partial charge in [-0.05, 0) is 50.0 Å². The Labute approximate surface area is 102 Å². The average Bonchev–Trinajstić information content (AvgIpc) is 2.28. The van der Waals surface area contributed by atoms with E-state index in [2.05, 4.69) is 4.98 Å². The van der Waals surface area contributed by atoms with Crippen molar-refractivity contribution in [1.82, 2.24) is 4.98 Å². The fourth-order valence-corrected chi connectivity index (χ4v) is 1.95. The molecule has 1 heterocycles. The molecule has 0 N–H and O–H groups in total. The van der Waals surface area contributed by atoms with Gasteiger partial charge in [-0.15, -0.1) is 0 Å². The summed E-state index contributed by atoms with van der Waals surface area (Å²) in [5.74, 6) is 0.970. The van der Waals surface area contributed by atoms with Crippen molar-refractivity contribution in [1.29, 1.82) is 0 Å². The molecule has 1 aromatic heterocycles. The number of rotatable bonds is 3. The quantitative estimate of drug-likeness (QED) is 0.802. The van der Waals surface area contributed by atoms with Crippen molar-refractivity contribution in [2.75, 3.05) is 0 Å². The fourth-order valence-electron chi connectivity index (χ4n) is 1.95. The standard InChI is InChI=1S/C14H17NO2/c1-10(2)17-14-7-12(8-15-9-14)11-4-3-5-13(16)6-11/h6-10H,3-5H2,1-2H3. The van der Waals surface area contributed by atoms with Gasteiger partial charge in [0.2, 0.25) is 0 Å². The molecule has 0 aromatic carbocycles. The molecule has 0 aliphatic heterocycles. The third kappa shape index (κ3) is 3.16. The van der Waals surface area contributed by atoms with Gasteiger partial charge in [-0.1, -0.05) is 0 Å². The van der Waals surface area contributed by atoms with Gasteiger partial charge in [0.05, 0.1) is 12.3 Å². The van der Waals surface area contributed by atoms with Gasteiger partial charge in [0, 0.05) is 12.6 Å². The van der Waals surface area contributed by atoms with Crippen molar-refractivity contribution in [2.45, 2.75) is 39.2 Å². The van der Waals surface area contributed by atoms with Crippen LogP contribution in [-0.2, 0) is 4.79 Å². The number of ketones is 1. The number of hydrogen-bond donors (Lipinski definition) is 0. The lowest BCUT2D eigenvalue weighted by molar-refractivity contribution is -0.114. The van der Waals surface area contributed by atoms with Crippen LogP contribution in [0.25, 0.3) is 5.57 Å². The molecule has 0 saturated carbocycles. The van der Waals surface area contributed by atoms with Gasteiger partial charge >= 0.3 is 0 Å². The van der Waals surface area contributed by atoms with E-state index in [1.807, 2.05) is 19.9 Å². The molecule has 1 aliphatic carbocycles. The first-order valence-electron chi connectivity index (χ1n) is 6.00. The summed E-state index contributed by atoms with van der Waals surface area (Å²) < 4.78 is 5.60. The number of carbonyl (C=O) groups excluding carboxylic acids is 1. The summed E-state index contributed by atoms with van der Waals surface area (Å²) in [4.78, 5) is 15.5. The molecule has 17 heavy (non-hydrogen) atoms. The molecular formula is C14H17NO2. The number of allylic oxidation sites excluding steroid dienone is 2. The highest BCUT2D eigenvalue weighted by Gasteiger charge is 2.12. The predicted octanol–water partition coefficient (Wildman–Crippen LogP) is 3.01. The first-order chi connectivity index (χ1) is 8.15. The Morgan fingerprint density at radius 1 is 1.29 bits per heavy atom. The third-order valence-corrected chi connectivity index (χ3v) is 2.66. The van der Waals surface area contributed by atoms with Crippen LogP contribution in [0.15, 0.2) is 24.5 Å².